The fraction of sp³-hybridized carbons (Fsp3) is 0.0732. The zero-order chi connectivity index (χ0) is 31.3. The molecule has 0 N–H and O–H groups in total. The molecule has 1 aliphatic heterocycles. The number of nitrogens with zero attached hydrogens (tertiary/aromatic N) is 4. The van der Waals surface area contributed by atoms with Crippen LogP contribution in [0.4, 0.5) is 0 Å². The van der Waals surface area contributed by atoms with Gasteiger partial charge in [-0.1, -0.05) is 123 Å². The number of rotatable bonds is 4. The first kappa shape index (κ1) is 27.4. The summed E-state index contributed by atoms with van der Waals surface area (Å²) in [5, 5.41) is 12.5. The van der Waals surface area contributed by atoms with Gasteiger partial charge in [-0.15, -0.1) is 0 Å². The highest BCUT2D eigenvalue weighted by atomic mass is 16.5. The van der Waals surface area contributed by atoms with Gasteiger partial charge in [0.05, 0.1) is 11.6 Å². The Labute approximate surface area is 267 Å². The molecule has 0 amide bonds. The van der Waals surface area contributed by atoms with Crippen LogP contribution in [0.2, 0.25) is 0 Å². The molecule has 0 saturated carbocycles. The van der Waals surface area contributed by atoms with Gasteiger partial charge >= 0.3 is 0 Å². The van der Waals surface area contributed by atoms with E-state index in [4.69, 9.17) is 19.7 Å². The van der Waals surface area contributed by atoms with Crippen molar-refractivity contribution in [3.8, 4) is 62.9 Å². The Hall–Kier alpha value is -6.12. The highest BCUT2D eigenvalue weighted by Crippen LogP contribution is 2.49. The van der Waals surface area contributed by atoms with E-state index < -0.39 is 0 Å². The van der Waals surface area contributed by atoms with Gasteiger partial charge in [0, 0.05) is 38.8 Å². The van der Waals surface area contributed by atoms with Gasteiger partial charge in [0.25, 0.3) is 0 Å². The normalized spacial score (nSPS) is 12.9. The second-order valence-corrected chi connectivity index (χ2v) is 12.0. The Morgan fingerprint density at radius 2 is 1.11 bits per heavy atom. The van der Waals surface area contributed by atoms with Gasteiger partial charge in [0.2, 0.25) is 0 Å². The zero-order valence-corrected chi connectivity index (χ0v) is 25.4. The van der Waals surface area contributed by atoms with Crippen LogP contribution in [0.1, 0.15) is 30.5 Å². The standard InChI is InChI=1S/C41H28N4O/c1-41(2)34-14-8-9-15-36(34)46-37-24-33(32(25-42)23-35(37)41)27-17-19-29(20-18-27)39-43-38(28-11-4-3-5-12-28)44-40(45-39)31-21-16-26-10-6-7-13-30(26)22-31/h3-24H,1-2H3. The number of fused-ring (bicyclic) bond motifs is 3. The second-order valence-electron chi connectivity index (χ2n) is 12.0. The quantitative estimate of drug-likeness (QED) is 0.203. The van der Waals surface area contributed by atoms with Crippen molar-refractivity contribution in [2.45, 2.75) is 19.3 Å². The van der Waals surface area contributed by atoms with E-state index >= 15 is 0 Å². The van der Waals surface area contributed by atoms with E-state index in [0.717, 1.165) is 61.2 Å². The lowest BCUT2D eigenvalue weighted by Gasteiger charge is -2.35. The van der Waals surface area contributed by atoms with Crippen molar-refractivity contribution in [3.05, 3.63) is 150 Å². The van der Waals surface area contributed by atoms with Crippen LogP contribution in [0.15, 0.2) is 133 Å². The van der Waals surface area contributed by atoms with Crippen molar-refractivity contribution in [1.29, 1.82) is 5.26 Å². The monoisotopic (exact) mass is 592 g/mol. The molecule has 0 aliphatic carbocycles. The van der Waals surface area contributed by atoms with Crippen LogP contribution >= 0.6 is 0 Å². The molecular weight excluding hydrogens is 564 g/mol. The highest BCUT2D eigenvalue weighted by molar-refractivity contribution is 5.86. The van der Waals surface area contributed by atoms with Crippen LogP contribution < -0.4 is 4.74 Å². The smallest absolute Gasteiger partial charge is 0.164 e. The maximum Gasteiger partial charge on any atom is 0.164 e. The molecule has 0 bridgehead atoms. The first-order valence-corrected chi connectivity index (χ1v) is 15.3. The average Bonchev–Trinajstić information content (AvgIpc) is 3.11. The first-order valence-electron chi connectivity index (χ1n) is 15.3. The molecule has 0 saturated heterocycles. The largest absolute Gasteiger partial charge is 0.457 e. The van der Waals surface area contributed by atoms with Crippen LogP contribution in [-0.4, -0.2) is 15.0 Å². The van der Waals surface area contributed by atoms with Gasteiger partial charge in [-0.3, -0.25) is 0 Å². The average molecular weight is 593 g/mol. The molecule has 0 fully saturated rings. The molecule has 2 heterocycles. The van der Waals surface area contributed by atoms with Crippen LogP contribution in [0, 0.1) is 11.3 Å². The Balaban J connectivity index is 1.21. The molecule has 218 valence electrons. The summed E-state index contributed by atoms with van der Waals surface area (Å²) < 4.78 is 6.37. The topological polar surface area (TPSA) is 71.7 Å². The fourth-order valence-corrected chi connectivity index (χ4v) is 6.30. The van der Waals surface area contributed by atoms with Crippen molar-refractivity contribution in [2.24, 2.45) is 0 Å². The summed E-state index contributed by atoms with van der Waals surface area (Å²) in [7, 11) is 0. The molecule has 8 rings (SSSR count). The molecule has 0 spiro atoms. The fourth-order valence-electron chi connectivity index (χ4n) is 6.30. The predicted molar refractivity (Wildman–Crippen MR) is 182 cm³/mol. The molecule has 1 aliphatic rings. The minimum absolute atomic E-state index is 0.296. The Kier molecular flexibility index (Phi) is 6.44. The summed E-state index contributed by atoms with van der Waals surface area (Å²) >= 11 is 0. The summed E-state index contributed by atoms with van der Waals surface area (Å²) in [5.41, 5.74) is 6.85. The molecule has 1 aromatic heterocycles. The zero-order valence-electron chi connectivity index (χ0n) is 25.4. The highest BCUT2D eigenvalue weighted by Gasteiger charge is 2.35. The van der Waals surface area contributed by atoms with Gasteiger partial charge in [0.15, 0.2) is 17.5 Å². The molecule has 6 aromatic carbocycles. The summed E-state index contributed by atoms with van der Waals surface area (Å²) in [5.74, 6) is 3.42. The lowest BCUT2D eigenvalue weighted by Crippen LogP contribution is -2.24. The third-order valence-electron chi connectivity index (χ3n) is 8.82. The van der Waals surface area contributed by atoms with E-state index in [1.165, 1.54) is 0 Å². The van der Waals surface area contributed by atoms with E-state index in [0.29, 0.717) is 23.0 Å². The molecule has 0 unspecified atom stereocenters. The number of aromatic nitrogens is 3. The lowest BCUT2D eigenvalue weighted by atomic mass is 9.74. The summed E-state index contributed by atoms with van der Waals surface area (Å²) in [6, 6.07) is 47.0. The van der Waals surface area contributed by atoms with Crippen molar-refractivity contribution >= 4 is 10.8 Å². The van der Waals surface area contributed by atoms with Crippen LogP contribution in [0.5, 0.6) is 11.5 Å². The van der Waals surface area contributed by atoms with E-state index in [2.05, 4.69) is 56.3 Å². The maximum absolute atomic E-state index is 10.2. The van der Waals surface area contributed by atoms with E-state index in [9.17, 15) is 5.26 Å². The number of ether oxygens (including phenoxy) is 1. The van der Waals surface area contributed by atoms with Gasteiger partial charge in [-0.05, 0) is 40.6 Å². The first-order chi connectivity index (χ1) is 22.5. The van der Waals surface area contributed by atoms with E-state index in [1.54, 1.807) is 0 Å². The van der Waals surface area contributed by atoms with Crippen molar-refractivity contribution in [3.63, 3.8) is 0 Å². The van der Waals surface area contributed by atoms with Crippen molar-refractivity contribution in [2.75, 3.05) is 0 Å². The molecule has 0 radical (unpaired) electrons. The van der Waals surface area contributed by atoms with Gasteiger partial charge in [-0.2, -0.15) is 5.26 Å². The van der Waals surface area contributed by atoms with Crippen LogP contribution in [-0.2, 0) is 5.41 Å². The predicted octanol–water partition coefficient (Wildman–Crippen LogP) is 10.00. The third-order valence-corrected chi connectivity index (χ3v) is 8.82. The molecule has 5 nitrogen and oxygen atoms in total. The SMILES string of the molecule is CC1(C)c2ccccc2Oc2cc(-c3ccc(-c4nc(-c5ccccc5)nc(-c5ccc6ccccc6c5)n4)cc3)c(C#N)cc21. The molecule has 46 heavy (non-hydrogen) atoms. The van der Waals surface area contributed by atoms with Crippen molar-refractivity contribution in [1.82, 2.24) is 15.0 Å². The lowest BCUT2D eigenvalue weighted by molar-refractivity contribution is 0.418. The minimum Gasteiger partial charge on any atom is -0.457 e. The summed E-state index contributed by atoms with van der Waals surface area (Å²) in [6.45, 7) is 4.35. The molecule has 7 aromatic rings. The summed E-state index contributed by atoms with van der Waals surface area (Å²) in [6.07, 6.45) is 0. The number of hydrogen-bond donors (Lipinski definition) is 0. The number of hydrogen-bond acceptors (Lipinski definition) is 5. The number of benzene rings is 6. The molecular formula is C41H28N4O. The van der Waals surface area contributed by atoms with Gasteiger partial charge < -0.3 is 4.74 Å². The van der Waals surface area contributed by atoms with E-state index in [-0.39, 0.29) is 5.41 Å². The number of para-hydroxylation sites is 1. The molecule has 0 atom stereocenters. The Bertz CT molecular complexity index is 2320. The van der Waals surface area contributed by atoms with Crippen LogP contribution in [0.3, 0.4) is 0 Å². The third kappa shape index (κ3) is 4.68. The maximum atomic E-state index is 10.2. The number of nitriles is 1. The molecule has 5 heteroatoms. The van der Waals surface area contributed by atoms with Gasteiger partial charge in [-0.25, -0.2) is 15.0 Å². The van der Waals surface area contributed by atoms with Crippen molar-refractivity contribution < 1.29 is 4.74 Å². The Morgan fingerprint density at radius 3 is 1.85 bits per heavy atom. The summed E-state index contributed by atoms with van der Waals surface area (Å²) in [4.78, 5) is 14.7. The second kappa shape index (κ2) is 10.8. The Morgan fingerprint density at radius 1 is 0.522 bits per heavy atom. The van der Waals surface area contributed by atoms with E-state index in [1.807, 2.05) is 97.1 Å². The van der Waals surface area contributed by atoms with Gasteiger partial charge in [0.1, 0.15) is 11.5 Å². The van der Waals surface area contributed by atoms with Crippen LogP contribution in [0.25, 0.3) is 56.1 Å². The minimum atomic E-state index is -0.296.